The van der Waals surface area contributed by atoms with E-state index in [9.17, 15) is 18.0 Å². The maximum atomic E-state index is 13.5. The van der Waals surface area contributed by atoms with Gasteiger partial charge in [-0.3, -0.25) is 19.8 Å². The number of aromatic amines is 1. The van der Waals surface area contributed by atoms with Gasteiger partial charge in [0.25, 0.3) is 11.8 Å². The lowest BCUT2D eigenvalue weighted by Gasteiger charge is -2.31. The summed E-state index contributed by atoms with van der Waals surface area (Å²) in [5, 5.41) is 10.5. The predicted molar refractivity (Wildman–Crippen MR) is 148 cm³/mol. The molecule has 8 nitrogen and oxygen atoms in total. The number of benzene rings is 1. The lowest BCUT2D eigenvalue weighted by Crippen LogP contribution is -2.38. The fourth-order valence-electron chi connectivity index (χ4n) is 4.93. The van der Waals surface area contributed by atoms with Gasteiger partial charge in [0.1, 0.15) is 11.6 Å². The average Bonchev–Trinajstić information content (AvgIpc) is 3.39. The average molecular weight is 561 g/mol. The number of piperidine rings is 1. The molecule has 0 spiro atoms. The van der Waals surface area contributed by atoms with Gasteiger partial charge in [-0.2, -0.15) is 5.10 Å². The van der Waals surface area contributed by atoms with Crippen molar-refractivity contribution < 1.29 is 22.7 Å². The Bertz CT molecular complexity index is 1640. The first-order chi connectivity index (χ1) is 19.8. The summed E-state index contributed by atoms with van der Waals surface area (Å²) in [4.78, 5) is 23.7. The van der Waals surface area contributed by atoms with E-state index in [0.717, 1.165) is 16.7 Å². The number of fused-ring (bicyclic) bond motifs is 1. The van der Waals surface area contributed by atoms with Crippen LogP contribution in [0.15, 0.2) is 78.7 Å². The first-order valence-corrected chi connectivity index (χ1v) is 13.4. The molecule has 2 aliphatic rings. The molecule has 0 atom stereocenters. The molecule has 0 bridgehead atoms. The largest absolute Gasteiger partial charge is 0.439 e. The van der Waals surface area contributed by atoms with E-state index in [1.54, 1.807) is 30.6 Å². The number of carbonyl (C=O) groups excluding carboxylic acids is 1. The number of hydrogen-bond donors (Lipinski definition) is 2. The van der Waals surface area contributed by atoms with Gasteiger partial charge in [-0.15, -0.1) is 0 Å². The molecule has 1 aromatic carbocycles. The number of halogens is 3. The number of aromatic nitrogens is 4. The molecule has 4 aromatic rings. The van der Waals surface area contributed by atoms with Crippen molar-refractivity contribution in [1.82, 2.24) is 25.1 Å². The van der Waals surface area contributed by atoms with Crippen LogP contribution in [-0.4, -0.2) is 50.0 Å². The molecule has 41 heavy (non-hydrogen) atoms. The minimum Gasteiger partial charge on any atom is -0.439 e. The van der Waals surface area contributed by atoms with E-state index in [0.29, 0.717) is 54.8 Å². The highest BCUT2D eigenvalue weighted by molar-refractivity contribution is 6.11. The van der Waals surface area contributed by atoms with Gasteiger partial charge in [-0.25, -0.2) is 18.2 Å². The molecule has 1 amide bonds. The molecular formula is C30H27F3N6O2. The molecule has 4 heterocycles. The van der Waals surface area contributed by atoms with E-state index in [-0.39, 0.29) is 30.2 Å². The summed E-state index contributed by atoms with van der Waals surface area (Å²) in [6.45, 7) is 1.23. The number of alkyl halides is 2. The lowest BCUT2D eigenvalue weighted by molar-refractivity contribution is -0.0566. The Morgan fingerprint density at radius 1 is 1.07 bits per heavy atom. The summed E-state index contributed by atoms with van der Waals surface area (Å²) in [6, 6.07) is 10.9. The van der Waals surface area contributed by atoms with Crippen LogP contribution in [0.4, 0.5) is 18.9 Å². The highest BCUT2D eigenvalue weighted by Gasteiger charge is 2.33. The molecule has 2 N–H and O–H groups in total. The Hall–Kier alpha value is -4.51. The number of ether oxygens (including phenoxy) is 1. The first kappa shape index (κ1) is 26.7. The molecule has 0 unspecified atom stereocenters. The van der Waals surface area contributed by atoms with E-state index in [4.69, 9.17) is 4.74 Å². The molecule has 1 fully saturated rings. The SMILES string of the molecule is O=C(Nc1ccc(OC2=CCCC(F)=C2)nc1)c1n[nH]c2ccc(-c3cncc(CN4CCC(F)(F)CC4)c3)cc12. The molecular weight excluding hydrogens is 533 g/mol. The van der Waals surface area contributed by atoms with Crippen LogP contribution in [0.25, 0.3) is 22.0 Å². The highest BCUT2D eigenvalue weighted by atomic mass is 19.3. The number of nitrogens with one attached hydrogen (secondary N) is 2. The van der Waals surface area contributed by atoms with Crippen molar-refractivity contribution in [2.45, 2.75) is 38.2 Å². The van der Waals surface area contributed by atoms with Crippen molar-refractivity contribution in [1.29, 1.82) is 0 Å². The van der Waals surface area contributed by atoms with Crippen LogP contribution in [-0.2, 0) is 6.54 Å². The van der Waals surface area contributed by atoms with E-state index in [2.05, 4.69) is 25.5 Å². The Morgan fingerprint density at radius 2 is 1.93 bits per heavy atom. The summed E-state index contributed by atoms with van der Waals surface area (Å²) in [5.74, 6) is -2.56. The Kier molecular flexibility index (Phi) is 7.27. The molecule has 1 aliphatic carbocycles. The fourth-order valence-corrected chi connectivity index (χ4v) is 4.93. The Balaban J connectivity index is 1.15. The molecule has 11 heteroatoms. The number of carbonyl (C=O) groups is 1. The quantitative estimate of drug-likeness (QED) is 0.271. The molecule has 3 aromatic heterocycles. The number of H-pyrrole nitrogens is 1. The second kappa shape index (κ2) is 11.2. The second-order valence-corrected chi connectivity index (χ2v) is 10.2. The van der Waals surface area contributed by atoms with Gasteiger partial charge in [0.05, 0.1) is 17.4 Å². The number of hydrogen-bond acceptors (Lipinski definition) is 6. The van der Waals surface area contributed by atoms with E-state index >= 15 is 0 Å². The molecule has 1 aliphatic heterocycles. The standard InChI is InChI=1S/C30H27F3N6O2/c31-22-2-1-3-24(14-22)41-27-7-5-23(17-35-27)36-29(40)28-25-13-20(4-6-26(25)37-38-28)21-12-19(15-34-16-21)18-39-10-8-30(32,33)9-11-39/h3-7,12-17H,1-2,8-11,18H2,(H,36,40)(H,37,38). The minimum absolute atomic E-state index is 0.132. The summed E-state index contributed by atoms with van der Waals surface area (Å²) >= 11 is 0. The van der Waals surface area contributed by atoms with Crippen molar-refractivity contribution in [3.05, 3.63) is 90.0 Å². The van der Waals surface area contributed by atoms with Crippen LogP contribution in [0.2, 0.25) is 0 Å². The molecule has 0 saturated carbocycles. The predicted octanol–water partition coefficient (Wildman–Crippen LogP) is 6.41. The molecule has 6 rings (SSSR count). The van der Waals surface area contributed by atoms with Crippen LogP contribution >= 0.6 is 0 Å². The van der Waals surface area contributed by atoms with Crippen LogP contribution in [0.5, 0.6) is 5.88 Å². The molecule has 0 radical (unpaired) electrons. The van der Waals surface area contributed by atoms with Crippen molar-refractivity contribution in [3.63, 3.8) is 0 Å². The number of amides is 1. The number of nitrogens with zero attached hydrogens (tertiary/aromatic N) is 4. The van der Waals surface area contributed by atoms with Gasteiger partial charge < -0.3 is 10.1 Å². The molecule has 210 valence electrons. The van der Waals surface area contributed by atoms with Gasteiger partial charge in [-0.05, 0) is 47.9 Å². The third-order valence-corrected chi connectivity index (χ3v) is 7.14. The topological polar surface area (TPSA) is 96.0 Å². The van der Waals surface area contributed by atoms with Crippen molar-refractivity contribution in [2.24, 2.45) is 0 Å². The number of likely N-dealkylation sites (tertiary alicyclic amines) is 1. The summed E-state index contributed by atoms with van der Waals surface area (Å²) < 4.78 is 46.1. The van der Waals surface area contributed by atoms with E-state index in [1.165, 1.54) is 12.3 Å². The van der Waals surface area contributed by atoms with Gasteiger partial charge in [0.2, 0.25) is 5.88 Å². The van der Waals surface area contributed by atoms with Crippen LogP contribution in [0.1, 0.15) is 41.7 Å². The van der Waals surface area contributed by atoms with Gasteiger partial charge in [-0.1, -0.05) is 6.07 Å². The minimum atomic E-state index is -2.58. The van der Waals surface area contributed by atoms with Crippen LogP contribution in [0.3, 0.4) is 0 Å². The third-order valence-electron chi connectivity index (χ3n) is 7.14. The lowest BCUT2D eigenvalue weighted by atomic mass is 10.0. The first-order valence-electron chi connectivity index (χ1n) is 13.4. The monoisotopic (exact) mass is 560 g/mol. The maximum absolute atomic E-state index is 13.5. The zero-order chi connectivity index (χ0) is 28.4. The highest BCUT2D eigenvalue weighted by Crippen LogP contribution is 2.30. The van der Waals surface area contributed by atoms with Gasteiger partial charge in [0.15, 0.2) is 5.69 Å². The zero-order valence-electron chi connectivity index (χ0n) is 22.0. The van der Waals surface area contributed by atoms with Crippen molar-refractivity contribution in [2.75, 3.05) is 18.4 Å². The third kappa shape index (κ3) is 6.30. The second-order valence-electron chi connectivity index (χ2n) is 10.2. The Morgan fingerprint density at radius 3 is 2.71 bits per heavy atom. The van der Waals surface area contributed by atoms with E-state index in [1.807, 2.05) is 29.2 Å². The van der Waals surface area contributed by atoms with Crippen LogP contribution < -0.4 is 10.1 Å². The van der Waals surface area contributed by atoms with Crippen LogP contribution in [0, 0.1) is 0 Å². The summed E-state index contributed by atoms with van der Waals surface area (Å²) in [7, 11) is 0. The number of allylic oxidation sites excluding steroid dienone is 3. The van der Waals surface area contributed by atoms with Crippen molar-refractivity contribution >= 4 is 22.5 Å². The summed E-state index contributed by atoms with van der Waals surface area (Å²) in [5.41, 5.74) is 3.98. The van der Waals surface area contributed by atoms with Crippen molar-refractivity contribution in [3.8, 4) is 17.0 Å². The normalized spacial score (nSPS) is 17.1. The number of pyridine rings is 2. The summed E-state index contributed by atoms with van der Waals surface area (Å²) in [6.07, 6.45) is 8.73. The smallest absolute Gasteiger partial charge is 0.276 e. The van der Waals surface area contributed by atoms with E-state index < -0.39 is 11.8 Å². The zero-order valence-corrected chi connectivity index (χ0v) is 22.0. The number of rotatable bonds is 7. The van der Waals surface area contributed by atoms with Gasteiger partial charge in [0, 0.05) is 74.4 Å². The maximum Gasteiger partial charge on any atom is 0.276 e. The fraction of sp³-hybridized carbons (Fsp3) is 0.267. The molecule has 1 saturated heterocycles. The number of anilines is 1. The Labute approximate surface area is 233 Å². The van der Waals surface area contributed by atoms with Gasteiger partial charge >= 0.3 is 0 Å².